The molecule has 2 saturated heterocycles. The van der Waals surface area contributed by atoms with E-state index < -0.39 is 55.8 Å². The van der Waals surface area contributed by atoms with E-state index in [0.29, 0.717) is 6.42 Å². The number of aliphatic hydroxyl groups excluding tert-OH is 5. The van der Waals surface area contributed by atoms with Crippen LogP contribution in [0.2, 0.25) is 0 Å². The molecule has 130 valence electrons. The highest BCUT2D eigenvalue weighted by atomic mass is 16.7. The molecule has 0 radical (unpaired) electrons. The SMILES string of the molecule is CO[C@H]1[C@H](O)O[C@H](C)C[C@@H]1O[C@@H]1O[C@H](CO)[C@@H](O)[C@H](O)[C@H]1O. The zero-order valence-corrected chi connectivity index (χ0v) is 12.5. The van der Waals surface area contributed by atoms with Gasteiger partial charge < -0.3 is 44.5 Å². The van der Waals surface area contributed by atoms with Gasteiger partial charge in [-0.25, -0.2) is 0 Å². The topological polar surface area (TPSA) is 138 Å². The summed E-state index contributed by atoms with van der Waals surface area (Å²) in [5.41, 5.74) is 0. The maximum Gasteiger partial charge on any atom is 0.187 e. The summed E-state index contributed by atoms with van der Waals surface area (Å²) in [5, 5.41) is 48.4. The van der Waals surface area contributed by atoms with Crippen molar-refractivity contribution in [2.75, 3.05) is 13.7 Å². The molecule has 9 atom stereocenters. The van der Waals surface area contributed by atoms with Crippen molar-refractivity contribution in [1.29, 1.82) is 0 Å². The first kappa shape index (κ1) is 18.0. The molecule has 0 spiro atoms. The average Bonchev–Trinajstić information content (AvgIpc) is 2.47. The fourth-order valence-electron chi connectivity index (χ4n) is 2.77. The summed E-state index contributed by atoms with van der Waals surface area (Å²) in [6.45, 7) is 1.21. The third-order valence-corrected chi connectivity index (χ3v) is 4.01. The standard InChI is InChI=1S/C13H24O9/c1-5-3-6(11(19-2)12(18)20-5)21-13-10(17)9(16)8(15)7(4-14)22-13/h5-18H,3-4H2,1-2H3/t5-,6+,7-,8-,9+,10-,11-,12-,13-/m1/s1. The molecule has 0 aromatic heterocycles. The van der Waals surface area contributed by atoms with E-state index in [1.54, 1.807) is 6.92 Å². The van der Waals surface area contributed by atoms with Gasteiger partial charge in [-0.2, -0.15) is 0 Å². The number of hydrogen-bond acceptors (Lipinski definition) is 9. The average molecular weight is 324 g/mol. The molecule has 0 unspecified atom stereocenters. The second-order valence-electron chi connectivity index (χ2n) is 5.65. The van der Waals surface area contributed by atoms with E-state index in [0.717, 1.165) is 0 Å². The summed E-state index contributed by atoms with van der Waals surface area (Å²) in [6.07, 6.45) is -9.32. The summed E-state index contributed by atoms with van der Waals surface area (Å²) in [6, 6.07) is 0. The molecule has 2 aliphatic rings. The Labute approximate surface area is 128 Å². The van der Waals surface area contributed by atoms with Crippen LogP contribution in [0.3, 0.4) is 0 Å². The van der Waals surface area contributed by atoms with E-state index in [9.17, 15) is 20.4 Å². The Kier molecular flexibility index (Phi) is 6.11. The first-order valence-corrected chi connectivity index (χ1v) is 7.21. The lowest BCUT2D eigenvalue weighted by molar-refractivity contribution is -0.339. The molecule has 0 aromatic rings. The van der Waals surface area contributed by atoms with E-state index in [1.807, 2.05) is 0 Å². The molecule has 2 fully saturated rings. The first-order valence-electron chi connectivity index (χ1n) is 7.21. The Balaban J connectivity index is 2.06. The van der Waals surface area contributed by atoms with Crippen molar-refractivity contribution in [2.45, 2.75) is 68.7 Å². The normalized spacial score (nSPS) is 50.0. The van der Waals surface area contributed by atoms with Crippen molar-refractivity contribution < 1.29 is 44.5 Å². The minimum absolute atomic E-state index is 0.295. The second-order valence-corrected chi connectivity index (χ2v) is 5.65. The van der Waals surface area contributed by atoms with Crippen molar-refractivity contribution in [3.05, 3.63) is 0 Å². The van der Waals surface area contributed by atoms with Gasteiger partial charge in [0.25, 0.3) is 0 Å². The molecule has 22 heavy (non-hydrogen) atoms. The number of hydrogen-bond donors (Lipinski definition) is 5. The van der Waals surface area contributed by atoms with Gasteiger partial charge in [0, 0.05) is 13.5 Å². The van der Waals surface area contributed by atoms with Crippen LogP contribution in [-0.4, -0.2) is 94.6 Å². The van der Waals surface area contributed by atoms with Gasteiger partial charge in [-0.15, -0.1) is 0 Å². The third-order valence-electron chi connectivity index (χ3n) is 4.01. The molecule has 0 bridgehead atoms. The Morgan fingerprint density at radius 3 is 2.32 bits per heavy atom. The van der Waals surface area contributed by atoms with E-state index in [4.69, 9.17) is 24.1 Å². The maximum absolute atomic E-state index is 9.97. The zero-order valence-electron chi connectivity index (χ0n) is 12.5. The van der Waals surface area contributed by atoms with Gasteiger partial charge in [-0.3, -0.25) is 0 Å². The predicted molar refractivity (Wildman–Crippen MR) is 70.6 cm³/mol. The Morgan fingerprint density at radius 2 is 1.73 bits per heavy atom. The van der Waals surface area contributed by atoms with Crippen molar-refractivity contribution >= 4 is 0 Å². The molecule has 2 rings (SSSR count). The fraction of sp³-hybridized carbons (Fsp3) is 1.00. The molecule has 9 nitrogen and oxygen atoms in total. The second kappa shape index (κ2) is 7.47. The van der Waals surface area contributed by atoms with Crippen molar-refractivity contribution in [2.24, 2.45) is 0 Å². The van der Waals surface area contributed by atoms with Gasteiger partial charge in [0.05, 0.1) is 18.8 Å². The van der Waals surface area contributed by atoms with Crippen molar-refractivity contribution in [1.82, 2.24) is 0 Å². The van der Waals surface area contributed by atoms with E-state index in [2.05, 4.69) is 0 Å². The van der Waals surface area contributed by atoms with Gasteiger partial charge in [0.2, 0.25) is 0 Å². The predicted octanol–water partition coefficient (Wildman–Crippen LogP) is -2.69. The highest BCUT2D eigenvalue weighted by molar-refractivity contribution is 4.90. The quantitative estimate of drug-likeness (QED) is 0.374. The van der Waals surface area contributed by atoms with Crippen LogP contribution in [0.15, 0.2) is 0 Å². The van der Waals surface area contributed by atoms with Gasteiger partial charge >= 0.3 is 0 Å². The minimum Gasteiger partial charge on any atom is -0.394 e. The smallest absolute Gasteiger partial charge is 0.187 e. The lowest BCUT2D eigenvalue weighted by Gasteiger charge is -2.44. The number of ether oxygens (including phenoxy) is 4. The van der Waals surface area contributed by atoms with E-state index in [1.165, 1.54) is 7.11 Å². The third kappa shape index (κ3) is 3.58. The number of aliphatic hydroxyl groups is 5. The molecule has 2 heterocycles. The lowest BCUT2D eigenvalue weighted by atomic mass is 9.98. The monoisotopic (exact) mass is 324 g/mol. The Morgan fingerprint density at radius 1 is 1.05 bits per heavy atom. The molecule has 0 aromatic carbocycles. The molecular weight excluding hydrogens is 300 g/mol. The molecule has 0 amide bonds. The van der Waals surface area contributed by atoms with Crippen LogP contribution < -0.4 is 0 Å². The van der Waals surface area contributed by atoms with Crippen LogP contribution in [0.25, 0.3) is 0 Å². The molecule has 2 aliphatic heterocycles. The van der Waals surface area contributed by atoms with E-state index in [-0.39, 0.29) is 6.10 Å². The van der Waals surface area contributed by atoms with Gasteiger partial charge in [-0.1, -0.05) is 0 Å². The summed E-state index contributed by atoms with van der Waals surface area (Å²) < 4.78 is 21.3. The number of methoxy groups -OCH3 is 1. The van der Waals surface area contributed by atoms with Crippen LogP contribution >= 0.6 is 0 Å². The summed E-state index contributed by atoms with van der Waals surface area (Å²) in [5.74, 6) is 0. The molecule has 0 saturated carbocycles. The van der Waals surface area contributed by atoms with Crippen molar-refractivity contribution in [3.63, 3.8) is 0 Å². The van der Waals surface area contributed by atoms with Crippen LogP contribution in [0, 0.1) is 0 Å². The molecule has 0 aliphatic carbocycles. The summed E-state index contributed by atoms with van der Waals surface area (Å²) >= 11 is 0. The molecule has 9 heteroatoms. The summed E-state index contributed by atoms with van der Waals surface area (Å²) in [7, 11) is 1.39. The van der Waals surface area contributed by atoms with Crippen LogP contribution in [-0.2, 0) is 18.9 Å². The largest absolute Gasteiger partial charge is 0.394 e. The zero-order chi connectivity index (χ0) is 16.4. The van der Waals surface area contributed by atoms with Gasteiger partial charge in [0.1, 0.15) is 30.5 Å². The maximum atomic E-state index is 9.97. The van der Waals surface area contributed by atoms with Gasteiger partial charge in [-0.05, 0) is 6.92 Å². The number of rotatable bonds is 4. The summed E-state index contributed by atoms with van der Waals surface area (Å²) in [4.78, 5) is 0. The molecular formula is C13H24O9. The minimum atomic E-state index is -1.51. The highest BCUT2D eigenvalue weighted by Crippen LogP contribution is 2.28. The first-order chi connectivity index (χ1) is 10.4. The molecule has 5 N–H and O–H groups in total. The van der Waals surface area contributed by atoms with Crippen LogP contribution in [0.4, 0.5) is 0 Å². The van der Waals surface area contributed by atoms with Crippen molar-refractivity contribution in [3.8, 4) is 0 Å². The van der Waals surface area contributed by atoms with E-state index >= 15 is 0 Å². The van der Waals surface area contributed by atoms with Gasteiger partial charge in [0.15, 0.2) is 12.6 Å². The Bertz CT molecular complexity index is 352. The fourth-order valence-corrected chi connectivity index (χ4v) is 2.77. The highest BCUT2D eigenvalue weighted by Gasteiger charge is 2.47. The lowest BCUT2D eigenvalue weighted by Crippen LogP contribution is -2.61. The Hall–Kier alpha value is -0.360. The van der Waals surface area contributed by atoms with Crippen LogP contribution in [0.1, 0.15) is 13.3 Å². The van der Waals surface area contributed by atoms with Crippen LogP contribution in [0.5, 0.6) is 0 Å².